The first-order valence-electron chi connectivity index (χ1n) is 10.1. The van der Waals surface area contributed by atoms with Gasteiger partial charge in [0, 0.05) is 44.3 Å². The molecule has 172 valence electrons. The summed E-state index contributed by atoms with van der Waals surface area (Å²) in [6.45, 7) is 4.25. The summed E-state index contributed by atoms with van der Waals surface area (Å²) in [4.78, 5) is 17.9. The van der Waals surface area contributed by atoms with Crippen molar-refractivity contribution in [3.05, 3.63) is 16.9 Å². The van der Waals surface area contributed by atoms with Gasteiger partial charge in [0.05, 0.1) is 37.3 Å². The summed E-state index contributed by atoms with van der Waals surface area (Å²) in [6.07, 6.45) is 2.14. The predicted octanol–water partition coefficient (Wildman–Crippen LogP) is 1.86. The molecule has 1 saturated heterocycles. The number of ether oxygens (including phenoxy) is 3. The minimum atomic E-state index is -3.23. The van der Waals surface area contributed by atoms with Gasteiger partial charge in [-0.15, -0.1) is 0 Å². The number of methoxy groups -OCH3 is 2. The molecule has 0 aliphatic carbocycles. The van der Waals surface area contributed by atoms with Gasteiger partial charge in [0.2, 0.25) is 10.0 Å². The van der Waals surface area contributed by atoms with Gasteiger partial charge >= 0.3 is 0 Å². The van der Waals surface area contributed by atoms with E-state index in [1.165, 1.54) is 21.9 Å². The zero-order valence-electron chi connectivity index (χ0n) is 18.3. The number of rotatable bonds is 8. The van der Waals surface area contributed by atoms with Gasteiger partial charge in [-0.05, 0) is 19.8 Å². The van der Waals surface area contributed by atoms with Gasteiger partial charge < -0.3 is 18.8 Å². The number of carbonyl (C=O) groups excluding carboxylic acids is 1. The van der Waals surface area contributed by atoms with Crippen molar-refractivity contribution < 1.29 is 27.4 Å². The van der Waals surface area contributed by atoms with E-state index in [0.717, 1.165) is 10.2 Å². The lowest BCUT2D eigenvalue weighted by Crippen LogP contribution is -2.39. The topological polar surface area (TPSA) is 99.4 Å². The van der Waals surface area contributed by atoms with Crippen LogP contribution in [0, 0.1) is 5.92 Å². The van der Waals surface area contributed by atoms with Gasteiger partial charge in [0.1, 0.15) is 0 Å². The van der Waals surface area contributed by atoms with Crippen molar-refractivity contribution in [1.82, 2.24) is 8.87 Å². The quantitative estimate of drug-likeness (QED) is 0.545. The van der Waals surface area contributed by atoms with Crippen LogP contribution in [0.15, 0.2) is 17.1 Å². The molecule has 2 heterocycles. The Hall–Kier alpha value is -1.95. The number of piperidine rings is 1. The van der Waals surface area contributed by atoms with Crippen molar-refractivity contribution in [2.45, 2.75) is 26.3 Å². The van der Waals surface area contributed by atoms with E-state index in [1.807, 2.05) is 23.6 Å². The number of hydrogen-bond donors (Lipinski definition) is 0. The summed E-state index contributed by atoms with van der Waals surface area (Å²) in [7, 11) is -0.0692. The molecule has 1 aromatic carbocycles. The van der Waals surface area contributed by atoms with Crippen LogP contribution in [0.3, 0.4) is 0 Å². The molecule has 1 aliphatic rings. The van der Waals surface area contributed by atoms with Crippen molar-refractivity contribution >= 4 is 37.5 Å². The van der Waals surface area contributed by atoms with Crippen LogP contribution in [-0.2, 0) is 26.1 Å². The molecule has 2 aromatic rings. The molecule has 1 fully saturated rings. The van der Waals surface area contributed by atoms with Gasteiger partial charge in [-0.2, -0.15) is 4.99 Å². The zero-order valence-corrected chi connectivity index (χ0v) is 19.9. The van der Waals surface area contributed by atoms with Gasteiger partial charge in [0.25, 0.3) is 5.91 Å². The van der Waals surface area contributed by atoms with E-state index in [1.54, 1.807) is 14.2 Å². The highest BCUT2D eigenvalue weighted by atomic mass is 32.2. The summed E-state index contributed by atoms with van der Waals surface area (Å²) >= 11 is 1.41. The zero-order chi connectivity index (χ0) is 22.6. The second kappa shape index (κ2) is 10.1. The maximum atomic E-state index is 12.9. The Morgan fingerprint density at radius 1 is 1.19 bits per heavy atom. The molecule has 9 nitrogen and oxygen atoms in total. The van der Waals surface area contributed by atoms with Gasteiger partial charge in [0.15, 0.2) is 16.3 Å². The molecule has 1 aliphatic heterocycles. The summed E-state index contributed by atoms with van der Waals surface area (Å²) < 4.78 is 44.1. The number of hydrogen-bond acceptors (Lipinski definition) is 7. The number of aromatic nitrogens is 1. The molecule has 11 heteroatoms. The minimum absolute atomic E-state index is 0.219. The van der Waals surface area contributed by atoms with E-state index in [0.29, 0.717) is 62.0 Å². The molecule has 0 atom stereocenters. The normalized spacial score (nSPS) is 16.7. The van der Waals surface area contributed by atoms with Crippen molar-refractivity contribution in [3.63, 3.8) is 0 Å². The van der Waals surface area contributed by atoms with Crippen molar-refractivity contribution in [3.8, 4) is 11.5 Å². The first-order valence-corrected chi connectivity index (χ1v) is 12.8. The van der Waals surface area contributed by atoms with Crippen LogP contribution in [0.2, 0.25) is 0 Å². The minimum Gasteiger partial charge on any atom is -0.493 e. The van der Waals surface area contributed by atoms with Crippen molar-refractivity contribution in [1.29, 1.82) is 0 Å². The number of amides is 1. The Labute approximate surface area is 186 Å². The third-order valence-corrected chi connectivity index (χ3v) is 7.67. The van der Waals surface area contributed by atoms with Crippen LogP contribution in [0.4, 0.5) is 0 Å². The van der Waals surface area contributed by atoms with Crippen LogP contribution in [0.5, 0.6) is 11.5 Å². The molecule has 0 bridgehead atoms. The maximum absolute atomic E-state index is 12.9. The van der Waals surface area contributed by atoms with Gasteiger partial charge in [-0.3, -0.25) is 4.79 Å². The van der Waals surface area contributed by atoms with Crippen molar-refractivity contribution in [2.24, 2.45) is 10.9 Å². The smallest absolute Gasteiger partial charge is 0.251 e. The maximum Gasteiger partial charge on any atom is 0.251 e. The Morgan fingerprint density at radius 2 is 1.84 bits per heavy atom. The number of carbonyl (C=O) groups is 1. The SMILES string of the molecule is CCOCCn1c(=NC(=O)C2CCN(S(C)(=O)=O)CC2)sc2cc(OC)c(OC)cc21. The lowest BCUT2D eigenvalue weighted by molar-refractivity contribution is -0.122. The molecule has 0 radical (unpaired) electrons. The Bertz CT molecular complexity index is 1100. The van der Waals surface area contributed by atoms with E-state index >= 15 is 0 Å². The molecule has 1 amide bonds. The highest BCUT2D eigenvalue weighted by molar-refractivity contribution is 7.88. The fourth-order valence-corrected chi connectivity index (χ4v) is 5.56. The number of nitrogens with zero attached hydrogens (tertiary/aromatic N) is 3. The average Bonchev–Trinajstić information content (AvgIpc) is 3.08. The number of fused-ring (bicyclic) bond motifs is 1. The Balaban J connectivity index is 1.94. The fourth-order valence-electron chi connectivity index (χ4n) is 3.62. The predicted molar refractivity (Wildman–Crippen MR) is 119 cm³/mol. The molecule has 3 rings (SSSR count). The molecule has 31 heavy (non-hydrogen) atoms. The number of thiazole rings is 1. The molecule has 1 aromatic heterocycles. The molecule has 0 unspecified atom stereocenters. The van der Waals surface area contributed by atoms with E-state index in [-0.39, 0.29) is 11.8 Å². The molecular weight excluding hydrogens is 442 g/mol. The highest BCUT2D eigenvalue weighted by Gasteiger charge is 2.29. The van der Waals surface area contributed by atoms with Crippen molar-refractivity contribution in [2.75, 3.05) is 46.8 Å². The standard InChI is InChI=1S/C20H29N3O6S2/c1-5-29-11-10-23-15-12-16(27-2)17(28-3)13-18(15)30-20(23)21-19(24)14-6-8-22(9-7-14)31(4,25)26/h12-14H,5-11H2,1-4H3. The van der Waals surface area contributed by atoms with Gasteiger partial charge in [-0.25, -0.2) is 12.7 Å². The second-order valence-electron chi connectivity index (χ2n) is 7.29. The lowest BCUT2D eigenvalue weighted by atomic mass is 9.98. The van der Waals surface area contributed by atoms with E-state index in [4.69, 9.17) is 14.2 Å². The van der Waals surface area contributed by atoms with E-state index in [2.05, 4.69) is 4.99 Å². The van der Waals surface area contributed by atoms with Crippen LogP contribution in [0.25, 0.3) is 10.2 Å². The van der Waals surface area contributed by atoms with Gasteiger partial charge in [-0.1, -0.05) is 11.3 Å². The first kappa shape index (κ1) is 23.7. The monoisotopic (exact) mass is 471 g/mol. The summed E-state index contributed by atoms with van der Waals surface area (Å²) in [5.41, 5.74) is 0.890. The second-order valence-corrected chi connectivity index (χ2v) is 10.3. The Kier molecular flexibility index (Phi) is 7.73. The average molecular weight is 472 g/mol. The third kappa shape index (κ3) is 5.46. The van der Waals surface area contributed by atoms with E-state index in [9.17, 15) is 13.2 Å². The molecule has 0 N–H and O–H groups in total. The molecule has 0 spiro atoms. The number of sulfonamides is 1. The lowest BCUT2D eigenvalue weighted by Gasteiger charge is -2.28. The first-order chi connectivity index (χ1) is 14.8. The fraction of sp³-hybridized carbons (Fsp3) is 0.600. The van der Waals surface area contributed by atoms with Crippen LogP contribution < -0.4 is 14.3 Å². The van der Waals surface area contributed by atoms with E-state index < -0.39 is 10.0 Å². The highest BCUT2D eigenvalue weighted by Crippen LogP contribution is 2.33. The van der Waals surface area contributed by atoms with Crippen LogP contribution >= 0.6 is 11.3 Å². The largest absolute Gasteiger partial charge is 0.493 e. The van der Waals surface area contributed by atoms with Crippen LogP contribution in [-0.4, -0.2) is 70.0 Å². The number of benzene rings is 1. The summed E-state index contributed by atoms with van der Waals surface area (Å²) in [5.74, 6) is 0.708. The summed E-state index contributed by atoms with van der Waals surface area (Å²) in [6, 6.07) is 3.76. The molecule has 0 saturated carbocycles. The summed E-state index contributed by atoms with van der Waals surface area (Å²) in [5, 5.41) is 0. The Morgan fingerprint density at radius 3 is 2.42 bits per heavy atom. The third-order valence-electron chi connectivity index (χ3n) is 5.33. The van der Waals surface area contributed by atoms with Crippen LogP contribution in [0.1, 0.15) is 19.8 Å². The molecular formula is C20H29N3O6S2.